The van der Waals surface area contributed by atoms with Gasteiger partial charge in [-0.15, -0.1) is 5.10 Å². The highest BCUT2D eigenvalue weighted by Crippen LogP contribution is 2.16. The second-order valence-corrected chi connectivity index (χ2v) is 4.89. The minimum absolute atomic E-state index is 0.0785. The van der Waals surface area contributed by atoms with Gasteiger partial charge in [0.25, 0.3) is 5.91 Å². The molecular formula is C11H16N6O4. The standard InChI is InChI=1S/C11H16N6O4/c1-4-21-9-13-8(15-16-9)12-6(18)5-17-7(19)11(2,3)14-10(17)20/h4-5H2,1-3H3,(H,14,20)(H2,12,13,15,16,18). The average molecular weight is 296 g/mol. The fourth-order valence-electron chi connectivity index (χ4n) is 1.77. The van der Waals surface area contributed by atoms with E-state index in [-0.39, 0.29) is 12.0 Å². The van der Waals surface area contributed by atoms with E-state index in [2.05, 4.69) is 25.8 Å². The topological polar surface area (TPSA) is 129 Å². The van der Waals surface area contributed by atoms with Gasteiger partial charge in [0.1, 0.15) is 12.1 Å². The second-order valence-electron chi connectivity index (χ2n) is 4.89. The molecule has 0 atom stereocenters. The van der Waals surface area contributed by atoms with Crippen LogP contribution in [-0.4, -0.2) is 56.6 Å². The molecule has 0 radical (unpaired) electrons. The van der Waals surface area contributed by atoms with Gasteiger partial charge in [0, 0.05) is 0 Å². The number of ether oxygens (including phenoxy) is 1. The summed E-state index contributed by atoms with van der Waals surface area (Å²) in [5, 5.41) is 11.1. The number of hydrogen-bond donors (Lipinski definition) is 3. The molecule has 0 saturated carbocycles. The number of urea groups is 1. The van der Waals surface area contributed by atoms with Crippen LogP contribution in [0.5, 0.6) is 6.01 Å². The molecule has 0 unspecified atom stereocenters. The Morgan fingerprint density at radius 2 is 2.14 bits per heavy atom. The van der Waals surface area contributed by atoms with Crippen LogP contribution in [0, 0.1) is 0 Å². The first-order valence-corrected chi connectivity index (χ1v) is 6.32. The predicted molar refractivity (Wildman–Crippen MR) is 70.5 cm³/mol. The van der Waals surface area contributed by atoms with Gasteiger partial charge in [-0.2, -0.15) is 4.98 Å². The third-order valence-corrected chi connectivity index (χ3v) is 2.74. The molecule has 0 spiro atoms. The molecule has 10 heteroatoms. The van der Waals surface area contributed by atoms with E-state index in [0.717, 1.165) is 4.90 Å². The maximum absolute atomic E-state index is 11.9. The van der Waals surface area contributed by atoms with Gasteiger partial charge >= 0.3 is 12.0 Å². The van der Waals surface area contributed by atoms with Gasteiger partial charge in [-0.1, -0.05) is 0 Å². The van der Waals surface area contributed by atoms with Crippen molar-refractivity contribution in [1.82, 2.24) is 25.4 Å². The Bertz CT molecular complexity index is 581. The van der Waals surface area contributed by atoms with E-state index in [9.17, 15) is 14.4 Å². The maximum atomic E-state index is 11.9. The molecule has 2 rings (SSSR count). The van der Waals surface area contributed by atoms with Crippen molar-refractivity contribution >= 4 is 23.8 Å². The van der Waals surface area contributed by atoms with Crippen molar-refractivity contribution in [3.63, 3.8) is 0 Å². The molecule has 0 aliphatic carbocycles. The summed E-state index contributed by atoms with van der Waals surface area (Å²) in [6.45, 7) is 4.89. The van der Waals surface area contributed by atoms with Crippen LogP contribution in [-0.2, 0) is 9.59 Å². The molecule has 1 aliphatic heterocycles. The molecule has 3 N–H and O–H groups in total. The van der Waals surface area contributed by atoms with Crippen LogP contribution >= 0.6 is 0 Å². The maximum Gasteiger partial charge on any atom is 0.337 e. The lowest BCUT2D eigenvalue weighted by molar-refractivity contribution is -0.132. The Morgan fingerprint density at radius 1 is 1.43 bits per heavy atom. The first kappa shape index (κ1) is 14.8. The number of imide groups is 1. The van der Waals surface area contributed by atoms with Gasteiger partial charge in [-0.05, 0) is 20.8 Å². The molecule has 4 amide bonds. The molecular weight excluding hydrogens is 280 g/mol. The molecule has 1 fully saturated rings. The smallest absolute Gasteiger partial charge is 0.337 e. The highest BCUT2D eigenvalue weighted by Gasteiger charge is 2.44. The highest BCUT2D eigenvalue weighted by molar-refractivity contribution is 6.09. The number of carbonyl (C=O) groups excluding carboxylic acids is 3. The van der Waals surface area contributed by atoms with Crippen molar-refractivity contribution in [3.8, 4) is 6.01 Å². The molecule has 114 valence electrons. The Balaban J connectivity index is 1.95. The molecule has 0 bridgehead atoms. The minimum atomic E-state index is -1.01. The zero-order chi connectivity index (χ0) is 15.6. The van der Waals surface area contributed by atoms with Crippen LogP contribution in [0.1, 0.15) is 20.8 Å². The number of amides is 4. The monoisotopic (exact) mass is 296 g/mol. The van der Waals surface area contributed by atoms with Gasteiger partial charge < -0.3 is 10.1 Å². The largest absolute Gasteiger partial charge is 0.463 e. The number of anilines is 1. The zero-order valence-corrected chi connectivity index (χ0v) is 11.9. The molecule has 1 aliphatic rings. The molecule has 1 aromatic rings. The summed E-state index contributed by atoms with van der Waals surface area (Å²) in [7, 11) is 0. The first-order chi connectivity index (χ1) is 9.83. The summed E-state index contributed by atoms with van der Waals surface area (Å²) < 4.78 is 5.03. The number of rotatable bonds is 5. The van der Waals surface area contributed by atoms with E-state index in [1.54, 1.807) is 20.8 Å². The SMILES string of the molecule is CCOc1n[nH]c(NC(=O)CN2C(=O)NC(C)(C)C2=O)n1. The van der Waals surface area contributed by atoms with Gasteiger partial charge in [0.05, 0.1) is 6.61 Å². The molecule has 1 saturated heterocycles. The highest BCUT2D eigenvalue weighted by atomic mass is 16.5. The number of nitrogens with zero attached hydrogens (tertiary/aromatic N) is 3. The number of H-pyrrole nitrogens is 1. The Hall–Kier alpha value is -2.65. The third kappa shape index (κ3) is 3.09. The molecule has 0 aromatic carbocycles. The normalized spacial score (nSPS) is 16.8. The fraction of sp³-hybridized carbons (Fsp3) is 0.545. The molecule has 1 aromatic heterocycles. The van der Waals surface area contributed by atoms with Gasteiger partial charge in [-0.3, -0.25) is 19.8 Å². The van der Waals surface area contributed by atoms with Crippen molar-refractivity contribution in [3.05, 3.63) is 0 Å². The van der Waals surface area contributed by atoms with Crippen molar-refractivity contribution in [1.29, 1.82) is 0 Å². The van der Waals surface area contributed by atoms with Crippen molar-refractivity contribution in [2.75, 3.05) is 18.5 Å². The Kier molecular flexibility index (Phi) is 3.78. The molecule has 21 heavy (non-hydrogen) atoms. The van der Waals surface area contributed by atoms with E-state index in [1.165, 1.54) is 0 Å². The van der Waals surface area contributed by atoms with Crippen LogP contribution in [0.25, 0.3) is 0 Å². The lowest BCUT2D eigenvalue weighted by Gasteiger charge is -2.15. The second kappa shape index (κ2) is 5.38. The van der Waals surface area contributed by atoms with Crippen molar-refractivity contribution in [2.45, 2.75) is 26.3 Å². The number of aromatic amines is 1. The van der Waals surface area contributed by atoms with Crippen LogP contribution in [0.4, 0.5) is 10.7 Å². The minimum Gasteiger partial charge on any atom is -0.463 e. The van der Waals surface area contributed by atoms with E-state index < -0.39 is 29.9 Å². The van der Waals surface area contributed by atoms with Gasteiger partial charge in [0.15, 0.2) is 0 Å². The summed E-state index contributed by atoms with van der Waals surface area (Å²) in [5.74, 6) is -0.958. The summed E-state index contributed by atoms with van der Waals surface area (Å²) in [6.07, 6.45) is 0. The summed E-state index contributed by atoms with van der Waals surface area (Å²) >= 11 is 0. The summed E-state index contributed by atoms with van der Waals surface area (Å²) in [4.78, 5) is 40.1. The van der Waals surface area contributed by atoms with E-state index >= 15 is 0 Å². The lowest BCUT2D eigenvalue weighted by atomic mass is 10.1. The van der Waals surface area contributed by atoms with Crippen molar-refractivity contribution in [2.24, 2.45) is 0 Å². The summed E-state index contributed by atoms with van der Waals surface area (Å²) in [5.41, 5.74) is -1.01. The Morgan fingerprint density at radius 3 is 2.71 bits per heavy atom. The number of hydrogen-bond acceptors (Lipinski definition) is 6. The molecule has 2 heterocycles. The number of nitrogens with one attached hydrogen (secondary N) is 3. The number of carbonyl (C=O) groups is 3. The van der Waals surface area contributed by atoms with Gasteiger partial charge in [-0.25, -0.2) is 9.89 Å². The van der Waals surface area contributed by atoms with Crippen LogP contribution in [0.2, 0.25) is 0 Å². The van der Waals surface area contributed by atoms with Crippen LogP contribution in [0.15, 0.2) is 0 Å². The van der Waals surface area contributed by atoms with Gasteiger partial charge in [0.2, 0.25) is 11.9 Å². The van der Waals surface area contributed by atoms with Crippen LogP contribution in [0.3, 0.4) is 0 Å². The lowest BCUT2D eigenvalue weighted by Crippen LogP contribution is -2.41. The fourth-order valence-corrected chi connectivity index (χ4v) is 1.77. The quantitative estimate of drug-likeness (QED) is 0.626. The number of aromatic nitrogens is 3. The third-order valence-electron chi connectivity index (χ3n) is 2.74. The van der Waals surface area contributed by atoms with Crippen LogP contribution < -0.4 is 15.4 Å². The van der Waals surface area contributed by atoms with E-state index in [1.807, 2.05) is 0 Å². The zero-order valence-electron chi connectivity index (χ0n) is 11.9. The Labute approximate surface area is 120 Å². The molecule has 10 nitrogen and oxygen atoms in total. The first-order valence-electron chi connectivity index (χ1n) is 6.32. The van der Waals surface area contributed by atoms with Crippen molar-refractivity contribution < 1.29 is 19.1 Å². The van der Waals surface area contributed by atoms with E-state index in [4.69, 9.17) is 4.74 Å². The predicted octanol–water partition coefficient (Wildman–Crippen LogP) is -0.528. The summed E-state index contributed by atoms with van der Waals surface area (Å²) in [6, 6.07) is -0.503. The van der Waals surface area contributed by atoms with E-state index in [0.29, 0.717) is 6.61 Å². The average Bonchev–Trinajstić information content (AvgIpc) is 2.88.